The van der Waals surface area contributed by atoms with Crippen LogP contribution in [0.4, 0.5) is 14.5 Å². The molecule has 5 nitrogen and oxygen atoms in total. The second-order valence-corrected chi connectivity index (χ2v) is 7.84. The molecule has 0 aliphatic rings. The zero-order chi connectivity index (χ0) is 18.9. The Hall–Kier alpha value is -2.39. The van der Waals surface area contributed by atoms with Crippen molar-refractivity contribution >= 4 is 31.6 Å². The van der Waals surface area contributed by atoms with E-state index in [-0.39, 0.29) is 9.37 Å². The van der Waals surface area contributed by atoms with Crippen LogP contribution in [0.5, 0.6) is 5.75 Å². The van der Waals surface area contributed by atoms with E-state index < -0.39 is 27.3 Å². The standard InChI is InChI=1S/C17H13BrF2N2O3S/c1-25-17-5-3-2-4-11(17)15-6-10(9-21-15)26(23,24)22-16-8-13(19)12(18)7-14(16)20/h2-9,21-22H,1H3. The third-order valence-corrected chi connectivity index (χ3v) is 5.57. The van der Waals surface area contributed by atoms with Gasteiger partial charge in [-0.25, -0.2) is 17.2 Å². The minimum absolute atomic E-state index is 0.0990. The summed E-state index contributed by atoms with van der Waals surface area (Å²) in [5.41, 5.74) is 0.688. The van der Waals surface area contributed by atoms with Gasteiger partial charge < -0.3 is 9.72 Å². The highest BCUT2D eigenvalue weighted by Crippen LogP contribution is 2.31. The molecule has 136 valence electrons. The molecule has 0 aliphatic heterocycles. The van der Waals surface area contributed by atoms with Gasteiger partial charge in [-0.1, -0.05) is 12.1 Å². The molecule has 2 aromatic carbocycles. The SMILES string of the molecule is COc1ccccc1-c1cc(S(=O)(=O)Nc2cc(F)c(Br)cc2F)c[nH]1. The Labute approximate surface area is 157 Å². The number of H-pyrrole nitrogens is 1. The first-order chi connectivity index (χ1) is 12.3. The summed E-state index contributed by atoms with van der Waals surface area (Å²) in [6, 6.07) is 10.1. The normalized spacial score (nSPS) is 11.4. The number of ether oxygens (including phenoxy) is 1. The number of methoxy groups -OCH3 is 1. The zero-order valence-electron chi connectivity index (χ0n) is 13.4. The third-order valence-electron chi connectivity index (χ3n) is 3.62. The Morgan fingerprint density at radius 1 is 1.12 bits per heavy atom. The minimum atomic E-state index is -4.12. The number of sulfonamides is 1. The average molecular weight is 443 g/mol. The van der Waals surface area contributed by atoms with Crippen LogP contribution in [0.1, 0.15) is 0 Å². The molecule has 1 heterocycles. The summed E-state index contributed by atoms with van der Waals surface area (Å²) < 4.78 is 59.6. The first-order valence-electron chi connectivity index (χ1n) is 7.31. The second kappa shape index (κ2) is 7.08. The molecule has 0 radical (unpaired) electrons. The molecule has 0 saturated heterocycles. The molecule has 0 saturated carbocycles. The predicted molar refractivity (Wildman–Crippen MR) is 97.6 cm³/mol. The number of halogens is 3. The third kappa shape index (κ3) is 3.58. The monoisotopic (exact) mass is 442 g/mol. The number of hydrogen-bond donors (Lipinski definition) is 2. The summed E-state index contributed by atoms with van der Waals surface area (Å²) in [5.74, 6) is -1.12. The van der Waals surface area contributed by atoms with Crippen molar-refractivity contribution < 1.29 is 21.9 Å². The summed E-state index contributed by atoms with van der Waals surface area (Å²) in [6.07, 6.45) is 1.26. The van der Waals surface area contributed by atoms with Gasteiger partial charge in [-0.2, -0.15) is 0 Å². The fourth-order valence-electron chi connectivity index (χ4n) is 2.36. The summed E-state index contributed by atoms with van der Waals surface area (Å²) in [5, 5.41) is 0. The molecule has 0 unspecified atom stereocenters. The van der Waals surface area contributed by atoms with Crippen molar-refractivity contribution in [3.05, 3.63) is 64.8 Å². The topological polar surface area (TPSA) is 71.2 Å². The quantitative estimate of drug-likeness (QED) is 0.570. The van der Waals surface area contributed by atoms with Crippen LogP contribution in [0, 0.1) is 11.6 Å². The van der Waals surface area contributed by atoms with Gasteiger partial charge in [-0.05, 0) is 40.2 Å². The van der Waals surface area contributed by atoms with Crippen molar-refractivity contribution in [1.29, 1.82) is 0 Å². The zero-order valence-corrected chi connectivity index (χ0v) is 15.8. The maximum atomic E-state index is 13.9. The van der Waals surface area contributed by atoms with E-state index in [0.717, 1.165) is 12.1 Å². The van der Waals surface area contributed by atoms with E-state index in [2.05, 4.69) is 20.9 Å². The number of aromatic amines is 1. The van der Waals surface area contributed by atoms with Crippen LogP contribution in [0.15, 0.2) is 58.0 Å². The molecule has 9 heteroatoms. The molecular weight excluding hydrogens is 430 g/mol. The lowest BCUT2D eigenvalue weighted by Crippen LogP contribution is -2.13. The maximum absolute atomic E-state index is 13.9. The summed E-state index contributed by atoms with van der Waals surface area (Å²) in [6.45, 7) is 0. The van der Waals surface area contributed by atoms with Crippen molar-refractivity contribution in [3.8, 4) is 17.0 Å². The van der Waals surface area contributed by atoms with Crippen molar-refractivity contribution in [2.75, 3.05) is 11.8 Å². The van der Waals surface area contributed by atoms with Crippen molar-refractivity contribution in [1.82, 2.24) is 4.98 Å². The number of para-hydroxylation sites is 1. The highest BCUT2D eigenvalue weighted by Gasteiger charge is 2.20. The van der Waals surface area contributed by atoms with Crippen molar-refractivity contribution in [3.63, 3.8) is 0 Å². The lowest BCUT2D eigenvalue weighted by Gasteiger charge is -2.08. The second-order valence-electron chi connectivity index (χ2n) is 5.30. The molecule has 1 aromatic heterocycles. The fraction of sp³-hybridized carbons (Fsp3) is 0.0588. The first kappa shape index (κ1) is 18.4. The first-order valence-corrected chi connectivity index (χ1v) is 9.58. The van der Waals surface area contributed by atoms with Gasteiger partial charge in [0.25, 0.3) is 10.0 Å². The van der Waals surface area contributed by atoms with E-state index in [1.165, 1.54) is 19.4 Å². The number of hydrogen-bond acceptors (Lipinski definition) is 3. The smallest absolute Gasteiger partial charge is 0.263 e. The van der Waals surface area contributed by atoms with E-state index in [4.69, 9.17) is 4.74 Å². The van der Waals surface area contributed by atoms with Crippen LogP contribution in [0.2, 0.25) is 0 Å². The fourth-order valence-corrected chi connectivity index (χ4v) is 3.72. The maximum Gasteiger partial charge on any atom is 0.263 e. The number of nitrogens with one attached hydrogen (secondary N) is 2. The van der Waals surface area contributed by atoms with Crippen LogP contribution in [-0.4, -0.2) is 20.5 Å². The van der Waals surface area contributed by atoms with Gasteiger partial charge in [0.1, 0.15) is 22.3 Å². The Bertz CT molecular complexity index is 1070. The van der Waals surface area contributed by atoms with Crippen LogP contribution in [0.3, 0.4) is 0 Å². The number of anilines is 1. The molecule has 0 amide bonds. The van der Waals surface area contributed by atoms with E-state index >= 15 is 0 Å². The van der Waals surface area contributed by atoms with Crippen LogP contribution in [0.25, 0.3) is 11.3 Å². The Morgan fingerprint density at radius 2 is 1.85 bits per heavy atom. The largest absolute Gasteiger partial charge is 0.496 e. The van der Waals surface area contributed by atoms with Crippen molar-refractivity contribution in [2.24, 2.45) is 0 Å². The van der Waals surface area contributed by atoms with Crippen LogP contribution in [-0.2, 0) is 10.0 Å². The highest BCUT2D eigenvalue weighted by atomic mass is 79.9. The lowest BCUT2D eigenvalue weighted by atomic mass is 10.1. The molecule has 3 rings (SSSR count). The number of aromatic nitrogens is 1. The van der Waals surface area contributed by atoms with Gasteiger partial charge in [0.15, 0.2) is 0 Å². The summed E-state index contributed by atoms with van der Waals surface area (Å²) in [7, 11) is -2.61. The molecule has 0 spiro atoms. The van der Waals surface area contributed by atoms with Crippen LogP contribution >= 0.6 is 15.9 Å². The van der Waals surface area contributed by atoms with Gasteiger partial charge in [-0.3, -0.25) is 4.72 Å². The van der Waals surface area contributed by atoms with E-state index in [1.54, 1.807) is 24.3 Å². The van der Waals surface area contributed by atoms with Crippen molar-refractivity contribution in [2.45, 2.75) is 4.90 Å². The van der Waals surface area contributed by atoms with Crippen LogP contribution < -0.4 is 9.46 Å². The molecule has 3 aromatic rings. The molecule has 26 heavy (non-hydrogen) atoms. The molecule has 0 atom stereocenters. The van der Waals surface area contributed by atoms with Gasteiger partial charge in [0.2, 0.25) is 0 Å². The van der Waals surface area contributed by atoms with Gasteiger partial charge in [-0.15, -0.1) is 0 Å². The Kier molecular flexibility index (Phi) is 5.01. The van der Waals surface area contributed by atoms with Gasteiger partial charge in [0.05, 0.1) is 23.0 Å². The Balaban J connectivity index is 1.94. The lowest BCUT2D eigenvalue weighted by molar-refractivity contribution is 0.416. The minimum Gasteiger partial charge on any atom is -0.496 e. The highest BCUT2D eigenvalue weighted by molar-refractivity contribution is 9.10. The Morgan fingerprint density at radius 3 is 2.58 bits per heavy atom. The molecule has 0 fully saturated rings. The summed E-state index contributed by atoms with van der Waals surface area (Å²) >= 11 is 2.84. The van der Waals surface area contributed by atoms with E-state index in [1.807, 2.05) is 4.72 Å². The molecule has 2 N–H and O–H groups in total. The predicted octanol–water partition coefficient (Wildman–Crippen LogP) is 4.53. The van der Waals surface area contributed by atoms with E-state index in [0.29, 0.717) is 17.0 Å². The summed E-state index contributed by atoms with van der Waals surface area (Å²) in [4.78, 5) is 2.73. The molecule has 0 aliphatic carbocycles. The van der Waals surface area contributed by atoms with Gasteiger partial charge >= 0.3 is 0 Å². The average Bonchev–Trinajstić information content (AvgIpc) is 3.10. The number of benzene rings is 2. The van der Waals surface area contributed by atoms with E-state index in [9.17, 15) is 17.2 Å². The molecular formula is C17H13BrF2N2O3S. The number of rotatable bonds is 5. The molecule has 0 bridgehead atoms. The van der Waals surface area contributed by atoms with Gasteiger partial charge in [0, 0.05) is 17.8 Å².